The SMILES string of the molecule is NC(=O)C(Sc1ccc2ccccc2n1)SC(F)(F)F. The molecule has 1 heterocycles. The second kappa shape index (κ2) is 5.92. The molecule has 0 aliphatic heterocycles. The van der Waals surface area contributed by atoms with Crippen LogP contribution in [0.5, 0.6) is 0 Å². The van der Waals surface area contributed by atoms with Gasteiger partial charge in [-0.25, -0.2) is 4.98 Å². The molecular weight excluding hydrogens is 309 g/mol. The van der Waals surface area contributed by atoms with E-state index in [0.717, 1.165) is 5.39 Å². The molecule has 0 spiro atoms. The maximum absolute atomic E-state index is 12.3. The average molecular weight is 318 g/mol. The highest BCUT2D eigenvalue weighted by molar-refractivity contribution is 8.18. The van der Waals surface area contributed by atoms with Crippen molar-refractivity contribution in [3.63, 3.8) is 0 Å². The zero-order chi connectivity index (χ0) is 14.8. The zero-order valence-electron chi connectivity index (χ0n) is 9.92. The van der Waals surface area contributed by atoms with Crippen molar-refractivity contribution in [2.45, 2.75) is 15.1 Å². The lowest BCUT2D eigenvalue weighted by atomic mass is 10.2. The standard InChI is InChI=1S/C12H9F3N2OS2/c13-12(14,15)20-11(10(16)18)19-9-6-5-7-3-1-2-4-8(7)17-9/h1-6,11H,(H2,16,18). The zero-order valence-corrected chi connectivity index (χ0v) is 11.6. The van der Waals surface area contributed by atoms with Gasteiger partial charge in [0.15, 0.2) is 0 Å². The molecule has 0 aliphatic carbocycles. The number of rotatable bonds is 4. The Hall–Kier alpha value is -1.41. The van der Waals surface area contributed by atoms with Gasteiger partial charge in [0, 0.05) is 5.39 Å². The van der Waals surface area contributed by atoms with Crippen molar-refractivity contribution in [3.05, 3.63) is 36.4 Å². The van der Waals surface area contributed by atoms with Crippen LogP contribution in [-0.2, 0) is 4.79 Å². The van der Waals surface area contributed by atoms with E-state index >= 15 is 0 Å². The van der Waals surface area contributed by atoms with E-state index in [2.05, 4.69) is 4.98 Å². The number of amides is 1. The van der Waals surface area contributed by atoms with Gasteiger partial charge >= 0.3 is 5.51 Å². The molecule has 1 unspecified atom stereocenters. The van der Waals surface area contributed by atoms with Crippen LogP contribution in [0.3, 0.4) is 0 Å². The normalized spacial score (nSPS) is 13.3. The lowest BCUT2D eigenvalue weighted by molar-refractivity contribution is -0.116. The molecule has 2 aromatic rings. The summed E-state index contributed by atoms with van der Waals surface area (Å²) in [5.74, 6) is -1.03. The molecule has 8 heteroatoms. The second-order valence-corrected chi connectivity index (χ2v) is 6.35. The number of nitrogens with zero attached hydrogens (tertiary/aromatic N) is 1. The molecule has 2 rings (SSSR count). The molecule has 1 atom stereocenters. The maximum atomic E-state index is 12.3. The predicted molar refractivity (Wildman–Crippen MR) is 74.2 cm³/mol. The van der Waals surface area contributed by atoms with Crippen LogP contribution in [0.4, 0.5) is 13.2 Å². The van der Waals surface area contributed by atoms with Crippen LogP contribution in [-0.4, -0.2) is 21.0 Å². The van der Waals surface area contributed by atoms with Gasteiger partial charge in [0.05, 0.1) is 10.5 Å². The predicted octanol–water partition coefficient (Wildman–Crippen LogP) is 3.39. The first-order valence-corrected chi connectivity index (χ1v) is 7.17. The van der Waals surface area contributed by atoms with Gasteiger partial charge in [-0.3, -0.25) is 4.79 Å². The van der Waals surface area contributed by atoms with Crippen molar-refractivity contribution in [1.29, 1.82) is 0 Å². The van der Waals surface area contributed by atoms with Crippen LogP contribution in [0, 0.1) is 0 Å². The smallest absolute Gasteiger partial charge is 0.368 e. The van der Waals surface area contributed by atoms with E-state index in [-0.39, 0.29) is 0 Å². The summed E-state index contributed by atoms with van der Waals surface area (Å²) in [4.78, 5) is 15.3. The molecule has 0 radical (unpaired) electrons. The van der Waals surface area contributed by atoms with Crippen LogP contribution in [0.15, 0.2) is 41.4 Å². The molecule has 0 fully saturated rings. The minimum absolute atomic E-state index is 0.323. The maximum Gasteiger partial charge on any atom is 0.443 e. The first-order valence-electron chi connectivity index (χ1n) is 5.41. The highest BCUT2D eigenvalue weighted by Crippen LogP contribution is 2.40. The number of pyridine rings is 1. The number of para-hydroxylation sites is 1. The van der Waals surface area contributed by atoms with E-state index < -0.39 is 27.8 Å². The fourth-order valence-corrected chi connectivity index (χ4v) is 3.29. The number of alkyl halides is 3. The fourth-order valence-electron chi connectivity index (χ4n) is 1.48. The monoisotopic (exact) mass is 318 g/mol. The molecule has 0 aliphatic rings. The molecular formula is C12H9F3N2OS2. The van der Waals surface area contributed by atoms with Gasteiger partial charge in [-0.2, -0.15) is 13.2 Å². The number of benzene rings is 1. The topological polar surface area (TPSA) is 56.0 Å². The Kier molecular flexibility index (Phi) is 4.44. The van der Waals surface area contributed by atoms with Crippen molar-refractivity contribution in [2.24, 2.45) is 5.73 Å². The Bertz CT molecular complexity index is 633. The highest BCUT2D eigenvalue weighted by Gasteiger charge is 2.36. The van der Waals surface area contributed by atoms with E-state index in [1.807, 2.05) is 12.1 Å². The highest BCUT2D eigenvalue weighted by atomic mass is 32.2. The minimum atomic E-state index is -4.52. The number of hydrogen-bond acceptors (Lipinski definition) is 4. The third kappa shape index (κ3) is 4.04. The van der Waals surface area contributed by atoms with Crippen LogP contribution in [0.2, 0.25) is 0 Å². The minimum Gasteiger partial charge on any atom is -0.368 e. The number of fused-ring (bicyclic) bond motifs is 1. The van der Waals surface area contributed by atoms with Crippen LogP contribution in [0.1, 0.15) is 0 Å². The fraction of sp³-hybridized carbons (Fsp3) is 0.167. The van der Waals surface area contributed by atoms with Gasteiger partial charge in [-0.05, 0) is 23.9 Å². The number of aromatic nitrogens is 1. The molecule has 0 saturated carbocycles. The number of halogens is 3. The number of primary amides is 1. The Morgan fingerprint density at radius 2 is 1.90 bits per heavy atom. The number of carbonyl (C=O) groups is 1. The van der Waals surface area contributed by atoms with Crippen molar-refractivity contribution in [1.82, 2.24) is 4.98 Å². The largest absolute Gasteiger partial charge is 0.443 e. The molecule has 0 bridgehead atoms. The molecule has 106 valence electrons. The average Bonchev–Trinajstić information content (AvgIpc) is 2.36. The summed E-state index contributed by atoms with van der Waals surface area (Å²) in [6.07, 6.45) is 0. The summed E-state index contributed by atoms with van der Waals surface area (Å²) in [5.41, 5.74) is 1.12. The summed E-state index contributed by atoms with van der Waals surface area (Å²) in [6, 6.07) is 10.5. The Morgan fingerprint density at radius 3 is 2.55 bits per heavy atom. The Morgan fingerprint density at radius 1 is 1.20 bits per heavy atom. The van der Waals surface area contributed by atoms with E-state index in [1.54, 1.807) is 24.3 Å². The Labute approximate surface area is 121 Å². The molecule has 0 saturated heterocycles. The molecule has 20 heavy (non-hydrogen) atoms. The van der Waals surface area contributed by atoms with Crippen molar-refractivity contribution >= 4 is 40.3 Å². The second-order valence-electron chi connectivity index (χ2n) is 3.76. The van der Waals surface area contributed by atoms with Gasteiger partial charge in [0.25, 0.3) is 0 Å². The number of carbonyl (C=O) groups excluding carboxylic acids is 1. The van der Waals surface area contributed by atoms with Crippen molar-refractivity contribution in [3.8, 4) is 0 Å². The van der Waals surface area contributed by atoms with E-state index in [4.69, 9.17) is 5.73 Å². The first kappa shape index (κ1) is 15.0. The van der Waals surface area contributed by atoms with Crippen LogP contribution in [0.25, 0.3) is 10.9 Å². The van der Waals surface area contributed by atoms with E-state index in [0.29, 0.717) is 22.3 Å². The van der Waals surface area contributed by atoms with Gasteiger partial charge in [0.2, 0.25) is 5.91 Å². The molecule has 3 nitrogen and oxygen atoms in total. The first-order chi connectivity index (χ1) is 9.35. The summed E-state index contributed by atoms with van der Waals surface area (Å²) >= 11 is 0.254. The van der Waals surface area contributed by atoms with Crippen molar-refractivity contribution in [2.75, 3.05) is 0 Å². The molecule has 1 aromatic heterocycles. The van der Waals surface area contributed by atoms with Crippen LogP contribution >= 0.6 is 23.5 Å². The summed E-state index contributed by atoms with van der Waals surface area (Å²) in [6.45, 7) is 0. The lowest BCUT2D eigenvalue weighted by Gasteiger charge is -2.14. The third-order valence-corrected chi connectivity index (χ3v) is 4.48. The number of hydrogen-bond donors (Lipinski definition) is 1. The quantitative estimate of drug-likeness (QED) is 0.693. The molecule has 1 aromatic carbocycles. The van der Waals surface area contributed by atoms with Crippen molar-refractivity contribution < 1.29 is 18.0 Å². The van der Waals surface area contributed by atoms with Gasteiger partial charge < -0.3 is 5.73 Å². The Balaban J connectivity index is 2.22. The van der Waals surface area contributed by atoms with E-state index in [9.17, 15) is 18.0 Å². The van der Waals surface area contributed by atoms with Crippen LogP contribution < -0.4 is 5.73 Å². The van der Waals surface area contributed by atoms with Gasteiger partial charge in [-0.1, -0.05) is 36.0 Å². The number of nitrogens with two attached hydrogens (primary N) is 1. The van der Waals surface area contributed by atoms with E-state index in [1.165, 1.54) is 0 Å². The summed E-state index contributed by atoms with van der Waals surface area (Å²) < 4.78 is 35.6. The molecule has 2 N–H and O–H groups in total. The van der Waals surface area contributed by atoms with Gasteiger partial charge in [0.1, 0.15) is 4.58 Å². The third-order valence-electron chi connectivity index (χ3n) is 2.27. The lowest BCUT2D eigenvalue weighted by Crippen LogP contribution is -2.26. The summed E-state index contributed by atoms with van der Waals surface area (Å²) in [5, 5.41) is 1.19. The molecule has 1 amide bonds. The summed E-state index contributed by atoms with van der Waals surface area (Å²) in [7, 11) is 0. The van der Waals surface area contributed by atoms with Gasteiger partial charge in [-0.15, -0.1) is 0 Å². The number of thioether (sulfide) groups is 2.